The summed E-state index contributed by atoms with van der Waals surface area (Å²) in [6.45, 7) is 8.73. The smallest absolute Gasteiger partial charge is 0.0635 e. The van der Waals surface area contributed by atoms with Gasteiger partial charge in [-0.1, -0.05) is 22.9 Å². The highest BCUT2D eigenvalue weighted by Gasteiger charge is 2.10. The quantitative estimate of drug-likeness (QED) is 0.635. The Hall–Kier alpha value is -0.0700. The van der Waals surface area contributed by atoms with Crippen LogP contribution < -0.4 is 0 Å². The second kappa shape index (κ2) is 9.18. The fourth-order valence-corrected chi connectivity index (χ4v) is 2.32. The van der Waals surface area contributed by atoms with E-state index in [1.165, 1.54) is 12.8 Å². The molecule has 0 spiro atoms. The number of nitriles is 1. The maximum Gasteiger partial charge on any atom is 0.0635 e. The zero-order valence-electron chi connectivity index (χ0n) is 10.2. The van der Waals surface area contributed by atoms with Crippen LogP contribution in [0.15, 0.2) is 0 Å². The first-order valence-electron chi connectivity index (χ1n) is 5.78. The van der Waals surface area contributed by atoms with E-state index in [1.54, 1.807) is 0 Å². The molecular formula is C12H23BrN2. The van der Waals surface area contributed by atoms with Crippen LogP contribution in [0.3, 0.4) is 0 Å². The number of hydrogen-bond donors (Lipinski definition) is 0. The Morgan fingerprint density at radius 2 is 1.87 bits per heavy atom. The van der Waals surface area contributed by atoms with E-state index in [2.05, 4.69) is 47.7 Å². The molecule has 0 aliphatic heterocycles. The molecular weight excluding hydrogens is 252 g/mol. The minimum atomic E-state index is 0.550. The van der Waals surface area contributed by atoms with Gasteiger partial charge in [-0.05, 0) is 39.2 Å². The summed E-state index contributed by atoms with van der Waals surface area (Å²) in [5.41, 5.74) is 0. The predicted octanol–water partition coefficient (Wildman–Crippen LogP) is 3.42. The van der Waals surface area contributed by atoms with Gasteiger partial charge in [-0.2, -0.15) is 5.26 Å². The first-order chi connectivity index (χ1) is 7.11. The number of rotatable bonds is 8. The standard InChI is InChI=1S/C12H23BrN2/c1-11(2)15(9-4-8-14)10-6-12(3)5-7-13/h11-12H,4-7,9-10H2,1-3H3. The van der Waals surface area contributed by atoms with Crippen molar-refractivity contribution >= 4 is 15.9 Å². The van der Waals surface area contributed by atoms with Crippen molar-refractivity contribution in [3.8, 4) is 6.07 Å². The second-order valence-electron chi connectivity index (χ2n) is 4.41. The van der Waals surface area contributed by atoms with Crippen LogP contribution in [0.1, 0.15) is 40.0 Å². The molecule has 0 N–H and O–H groups in total. The van der Waals surface area contributed by atoms with E-state index < -0.39 is 0 Å². The molecule has 0 aromatic carbocycles. The Kier molecular flexibility index (Phi) is 9.13. The van der Waals surface area contributed by atoms with E-state index in [-0.39, 0.29) is 0 Å². The summed E-state index contributed by atoms with van der Waals surface area (Å²) in [7, 11) is 0. The maximum atomic E-state index is 8.58. The van der Waals surface area contributed by atoms with Gasteiger partial charge < -0.3 is 0 Å². The Morgan fingerprint density at radius 1 is 1.20 bits per heavy atom. The topological polar surface area (TPSA) is 27.0 Å². The van der Waals surface area contributed by atoms with Crippen LogP contribution in [0.25, 0.3) is 0 Å². The summed E-state index contributed by atoms with van der Waals surface area (Å²) in [6.07, 6.45) is 3.12. The van der Waals surface area contributed by atoms with E-state index in [4.69, 9.17) is 5.26 Å². The molecule has 0 aliphatic carbocycles. The Bertz CT molecular complexity index is 187. The first kappa shape index (κ1) is 14.9. The first-order valence-corrected chi connectivity index (χ1v) is 6.91. The number of hydrogen-bond acceptors (Lipinski definition) is 2. The average Bonchev–Trinajstić information content (AvgIpc) is 2.17. The maximum absolute atomic E-state index is 8.58. The molecule has 88 valence electrons. The molecule has 0 saturated carbocycles. The highest BCUT2D eigenvalue weighted by atomic mass is 79.9. The van der Waals surface area contributed by atoms with Crippen LogP contribution in [0.4, 0.5) is 0 Å². The molecule has 0 aromatic rings. The molecule has 0 heterocycles. The zero-order valence-corrected chi connectivity index (χ0v) is 11.8. The van der Waals surface area contributed by atoms with Gasteiger partial charge in [0.25, 0.3) is 0 Å². The van der Waals surface area contributed by atoms with Crippen LogP contribution in [-0.2, 0) is 0 Å². The highest BCUT2D eigenvalue weighted by Crippen LogP contribution is 2.11. The molecule has 1 atom stereocenters. The zero-order chi connectivity index (χ0) is 11.7. The van der Waals surface area contributed by atoms with Crippen LogP contribution in [0.2, 0.25) is 0 Å². The molecule has 3 heteroatoms. The molecule has 2 nitrogen and oxygen atoms in total. The van der Waals surface area contributed by atoms with Gasteiger partial charge in [0.05, 0.1) is 6.07 Å². The largest absolute Gasteiger partial charge is 0.300 e. The number of halogens is 1. The fraction of sp³-hybridized carbons (Fsp3) is 0.917. The lowest BCUT2D eigenvalue weighted by molar-refractivity contribution is 0.211. The average molecular weight is 275 g/mol. The highest BCUT2D eigenvalue weighted by molar-refractivity contribution is 9.09. The van der Waals surface area contributed by atoms with Crippen molar-refractivity contribution in [3.63, 3.8) is 0 Å². The fourth-order valence-electron chi connectivity index (χ4n) is 1.54. The third kappa shape index (κ3) is 7.81. The van der Waals surface area contributed by atoms with Gasteiger partial charge in [-0.25, -0.2) is 0 Å². The normalized spacial score (nSPS) is 13.1. The van der Waals surface area contributed by atoms with E-state index in [0.717, 1.165) is 24.3 Å². The third-order valence-corrected chi connectivity index (χ3v) is 3.21. The molecule has 0 aliphatic rings. The van der Waals surface area contributed by atoms with E-state index in [0.29, 0.717) is 12.5 Å². The lowest BCUT2D eigenvalue weighted by Gasteiger charge is -2.26. The summed E-state index contributed by atoms with van der Waals surface area (Å²) < 4.78 is 0. The van der Waals surface area contributed by atoms with Crippen molar-refractivity contribution < 1.29 is 0 Å². The molecule has 1 unspecified atom stereocenters. The van der Waals surface area contributed by atoms with Gasteiger partial charge in [0.15, 0.2) is 0 Å². The van der Waals surface area contributed by atoms with Crippen LogP contribution in [-0.4, -0.2) is 29.4 Å². The van der Waals surface area contributed by atoms with Gasteiger partial charge in [0, 0.05) is 24.3 Å². The van der Waals surface area contributed by atoms with Crippen LogP contribution in [0.5, 0.6) is 0 Å². The lowest BCUT2D eigenvalue weighted by atomic mass is 10.0. The SMILES string of the molecule is CC(CCBr)CCN(CCC#N)C(C)C. The van der Waals surface area contributed by atoms with Crippen molar-refractivity contribution in [3.05, 3.63) is 0 Å². The second-order valence-corrected chi connectivity index (χ2v) is 5.20. The minimum absolute atomic E-state index is 0.550. The molecule has 0 saturated heterocycles. The molecule has 0 bridgehead atoms. The minimum Gasteiger partial charge on any atom is -0.300 e. The summed E-state index contributed by atoms with van der Waals surface area (Å²) >= 11 is 3.47. The van der Waals surface area contributed by atoms with Gasteiger partial charge >= 0.3 is 0 Å². The van der Waals surface area contributed by atoms with Gasteiger partial charge in [-0.3, -0.25) is 4.90 Å². The van der Waals surface area contributed by atoms with Crippen molar-refractivity contribution in [2.24, 2.45) is 5.92 Å². The number of nitrogens with zero attached hydrogens (tertiary/aromatic N) is 2. The summed E-state index contributed by atoms with van der Waals surface area (Å²) in [5, 5.41) is 9.67. The van der Waals surface area contributed by atoms with Crippen LogP contribution >= 0.6 is 15.9 Å². The number of alkyl halides is 1. The predicted molar refractivity (Wildman–Crippen MR) is 69.1 cm³/mol. The summed E-state index contributed by atoms with van der Waals surface area (Å²) in [4.78, 5) is 2.40. The summed E-state index contributed by atoms with van der Waals surface area (Å²) in [6, 6.07) is 2.77. The molecule has 0 radical (unpaired) electrons. The van der Waals surface area contributed by atoms with Crippen LogP contribution in [0, 0.1) is 17.2 Å². The molecule has 0 aromatic heterocycles. The van der Waals surface area contributed by atoms with E-state index in [1.807, 2.05) is 0 Å². The molecule has 0 amide bonds. The van der Waals surface area contributed by atoms with E-state index in [9.17, 15) is 0 Å². The Labute approximate surface area is 103 Å². The monoisotopic (exact) mass is 274 g/mol. The molecule has 15 heavy (non-hydrogen) atoms. The Balaban J connectivity index is 3.80. The van der Waals surface area contributed by atoms with Crippen molar-refractivity contribution in [2.75, 3.05) is 18.4 Å². The van der Waals surface area contributed by atoms with Gasteiger partial charge in [-0.15, -0.1) is 0 Å². The van der Waals surface area contributed by atoms with E-state index >= 15 is 0 Å². The molecule has 0 fully saturated rings. The van der Waals surface area contributed by atoms with Crippen molar-refractivity contribution in [2.45, 2.75) is 46.1 Å². The van der Waals surface area contributed by atoms with Gasteiger partial charge in [0.1, 0.15) is 0 Å². The van der Waals surface area contributed by atoms with Crippen molar-refractivity contribution in [1.82, 2.24) is 4.90 Å². The molecule has 0 rings (SSSR count). The van der Waals surface area contributed by atoms with Gasteiger partial charge in [0.2, 0.25) is 0 Å². The lowest BCUT2D eigenvalue weighted by Crippen LogP contribution is -2.33. The van der Waals surface area contributed by atoms with Crippen molar-refractivity contribution in [1.29, 1.82) is 5.26 Å². The summed E-state index contributed by atoms with van der Waals surface area (Å²) in [5.74, 6) is 0.771. The third-order valence-electron chi connectivity index (χ3n) is 2.75. The Morgan fingerprint density at radius 3 is 2.33 bits per heavy atom.